The smallest absolute Gasteiger partial charge is 0.321 e. The second kappa shape index (κ2) is 8.35. The van der Waals surface area contributed by atoms with E-state index in [0.717, 1.165) is 30.9 Å². The topological polar surface area (TPSA) is 54.0 Å². The van der Waals surface area contributed by atoms with Gasteiger partial charge in [0.25, 0.3) is 0 Å². The molecule has 0 spiro atoms. The zero-order valence-corrected chi connectivity index (χ0v) is 14.4. The molecule has 1 atom stereocenters. The van der Waals surface area contributed by atoms with Gasteiger partial charge in [-0.3, -0.25) is 4.90 Å². The molecule has 0 saturated carbocycles. The molecule has 1 aromatic carbocycles. The SMILES string of the molecule is COCCOc1cccc(NC(=O)N2CC[C@@H](N3CCCC3)C2)c1. The third kappa shape index (κ3) is 4.39. The summed E-state index contributed by atoms with van der Waals surface area (Å²) in [4.78, 5) is 16.9. The Balaban J connectivity index is 1.50. The number of carbonyl (C=O) groups is 1. The van der Waals surface area contributed by atoms with Gasteiger partial charge in [0.2, 0.25) is 0 Å². The summed E-state index contributed by atoms with van der Waals surface area (Å²) in [5.74, 6) is 0.737. The van der Waals surface area contributed by atoms with Gasteiger partial charge in [0, 0.05) is 38.0 Å². The molecular formula is C18H27N3O3. The molecule has 2 fully saturated rings. The van der Waals surface area contributed by atoms with Gasteiger partial charge in [0.15, 0.2) is 0 Å². The molecular weight excluding hydrogens is 306 g/mol. The largest absolute Gasteiger partial charge is 0.491 e. The van der Waals surface area contributed by atoms with E-state index in [1.807, 2.05) is 29.2 Å². The maximum absolute atomic E-state index is 12.5. The van der Waals surface area contributed by atoms with E-state index in [2.05, 4.69) is 10.2 Å². The van der Waals surface area contributed by atoms with Crippen molar-refractivity contribution in [1.29, 1.82) is 0 Å². The van der Waals surface area contributed by atoms with Crippen LogP contribution >= 0.6 is 0 Å². The molecule has 2 aliphatic rings. The van der Waals surface area contributed by atoms with Gasteiger partial charge >= 0.3 is 6.03 Å². The van der Waals surface area contributed by atoms with E-state index in [-0.39, 0.29) is 6.03 Å². The third-order valence-electron chi connectivity index (χ3n) is 4.75. The average Bonchev–Trinajstić information content (AvgIpc) is 3.27. The first-order valence-corrected chi connectivity index (χ1v) is 8.78. The molecule has 6 nitrogen and oxygen atoms in total. The number of methoxy groups -OCH3 is 1. The second-order valence-corrected chi connectivity index (χ2v) is 6.43. The van der Waals surface area contributed by atoms with E-state index in [4.69, 9.17) is 9.47 Å². The highest BCUT2D eigenvalue weighted by Crippen LogP contribution is 2.22. The molecule has 2 heterocycles. The van der Waals surface area contributed by atoms with Crippen LogP contribution in [0.3, 0.4) is 0 Å². The minimum Gasteiger partial charge on any atom is -0.491 e. The Hall–Kier alpha value is -1.79. The van der Waals surface area contributed by atoms with Crippen molar-refractivity contribution in [1.82, 2.24) is 9.80 Å². The molecule has 0 aromatic heterocycles. The summed E-state index contributed by atoms with van der Waals surface area (Å²) in [6, 6.07) is 8.00. The first kappa shape index (κ1) is 17.0. The highest BCUT2D eigenvalue weighted by atomic mass is 16.5. The Labute approximate surface area is 143 Å². The lowest BCUT2D eigenvalue weighted by atomic mass is 10.2. The van der Waals surface area contributed by atoms with Crippen molar-refractivity contribution in [3.63, 3.8) is 0 Å². The molecule has 2 saturated heterocycles. The van der Waals surface area contributed by atoms with Crippen LogP contribution in [0.4, 0.5) is 10.5 Å². The number of urea groups is 1. The Morgan fingerprint density at radius 3 is 2.88 bits per heavy atom. The molecule has 6 heteroatoms. The standard InChI is InChI=1S/C18H27N3O3/c1-23-11-12-24-17-6-4-5-15(13-17)19-18(22)21-10-7-16(14-21)20-8-2-3-9-20/h4-6,13,16H,2-3,7-12,14H2,1H3,(H,19,22)/t16-/m1/s1. The van der Waals surface area contributed by atoms with Gasteiger partial charge in [-0.2, -0.15) is 0 Å². The zero-order chi connectivity index (χ0) is 16.8. The summed E-state index contributed by atoms with van der Waals surface area (Å²) < 4.78 is 10.6. The Bertz CT molecular complexity index is 546. The lowest BCUT2D eigenvalue weighted by Crippen LogP contribution is -2.38. The molecule has 3 rings (SSSR count). The molecule has 24 heavy (non-hydrogen) atoms. The van der Waals surface area contributed by atoms with Gasteiger partial charge in [-0.05, 0) is 44.5 Å². The summed E-state index contributed by atoms with van der Waals surface area (Å²) in [6.45, 7) is 5.06. The van der Waals surface area contributed by atoms with Crippen molar-refractivity contribution < 1.29 is 14.3 Å². The maximum Gasteiger partial charge on any atom is 0.321 e. The van der Waals surface area contributed by atoms with Crippen molar-refractivity contribution in [2.45, 2.75) is 25.3 Å². The predicted molar refractivity (Wildman–Crippen MR) is 93.6 cm³/mol. The van der Waals surface area contributed by atoms with E-state index >= 15 is 0 Å². The van der Waals surface area contributed by atoms with Crippen LogP contribution in [0.15, 0.2) is 24.3 Å². The number of nitrogens with one attached hydrogen (secondary N) is 1. The van der Waals surface area contributed by atoms with Crippen molar-refractivity contribution in [2.24, 2.45) is 0 Å². The average molecular weight is 333 g/mol. The van der Waals surface area contributed by atoms with Crippen LogP contribution in [-0.2, 0) is 4.74 Å². The van der Waals surface area contributed by atoms with Crippen molar-refractivity contribution in [3.8, 4) is 5.75 Å². The van der Waals surface area contributed by atoms with E-state index < -0.39 is 0 Å². The summed E-state index contributed by atoms with van der Waals surface area (Å²) in [6.07, 6.45) is 3.66. The number of likely N-dealkylation sites (tertiary alicyclic amines) is 2. The number of nitrogens with zero attached hydrogens (tertiary/aromatic N) is 2. The number of hydrogen-bond acceptors (Lipinski definition) is 4. The number of amides is 2. The highest BCUT2D eigenvalue weighted by Gasteiger charge is 2.31. The van der Waals surface area contributed by atoms with Crippen molar-refractivity contribution >= 4 is 11.7 Å². The normalized spacial score (nSPS) is 21.2. The monoisotopic (exact) mass is 333 g/mol. The van der Waals surface area contributed by atoms with E-state index in [1.54, 1.807) is 7.11 Å². The first-order valence-electron chi connectivity index (χ1n) is 8.78. The van der Waals surface area contributed by atoms with Gasteiger partial charge in [-0.15, -0.1) is 0 Å². The van der Waals surface area contributed by atoms with Crippen molar-refractivity contribution in [2.75, 3.05) is 51.8 Å². The van der Waals surface area contributed by atoms with Gasteiger partial charge in [0.1, 0.15) is 12.4 Å². The summed E-state index contributed by atoms with van der Waals surface area (Å²) in [5.41, 5.74) is 0.763. The Kier molecular flexibility index (Phi) is 5.93. The van der Waals surface area contributed by atoms with Crippen LogP contribution in [0.2, 0.25) is 0 Å². The van der Waals surface area contributed by atoms with Gasteiger partial charge in [0.05, 0.1) is 6.61 Å². The number of anilines is 1. The third-order valence-corrected chi connectivity index (χ3v) is 4.75. The van der Waals surface area contributed by atoms with Gasteiger partial charge in [-0.1, -0.05) is 6.07 Å². The van der Waals surface area contributed by atoms with Crippen LogP contribution < -0.4 is 10.1 Å². The second-order valence-electron chi connectivity index (χ2n) is 6.43. The fourth-order valence-electron chi connectivity index (χ4n) is 3.44. The quantitative estimate of drug-likeness (QED) is 0.812. The minimum absolute atomic E-state index is 0.0225. The van der Waals surface area contributed by atoms with Crippen LogP contribution in [-0.4, -0.2) is 68.4 Å². The van der Waals surface area contributed by atoms with E-state index in [9.17, 15) is 4.79 Å². The van der Waals surface area contributed by atoms with Crippen LogP contribution in [0.5, 0.6) is 5.75 Å². The van der Waals surface area contributed by atoms with Crippen LogP contribution in [0.25, 0.3) is 0 Å². The molecule has 0 radical (unpaired) electrons. The van der Waals surface area contributed by atoms with Crippen molar-refractivity contribution in [3.05, 3.63) is 24.3 Å². The molecule has 132 valence electrons. The lowest BCUT2D eigenvalue weighted by Gasteiger charge is -2.23. The lowest BCUT2D eigenvalue weighted by molar-refractivity contribution is 0.146. The predicted octanol–water partition coefficient (Wildman–Crippen LogP) is 2.41. The molecule has 2 amide bonds. The van der Waals surface area contributed by atoms with E-state index in [1.165, 1.54) is 25.9 Å². The maximum atomic E-state index is 12.5. The Morgan fingerprint density at radius 2 is 2.08 bits per heavy atom. The minimum atomic E-state index is -0.0225. The molecule has 0 bridgehead atoms. The molecule has 1 aromatic rings. The summed E-state index contributed by atoms with van der Waals surface area (Å²) in [7, 11) is 1.64. The fourth-order valence-corrected chi connectivity index (χ4v) is 3.44. The highest BCUT2D eigenvalue weighted by molar-refractivity contribution is 5.89. The summed E-state index contributed by atoms with van der Waals surface area (Å²) in [5, 5.41) is 2.98. The van der Waals surface area contributed by atoms with E-state index in [0.29, 0.717) is 19.3 Å². The van der Waals surface area contributed by atoms with Gasteiger partial charge in [-0.25, -0.2) is 4.79 Å². The molecule has 2 aliphatic heterocycles. The number of benzene rings is 1. The van der Waals surface area contributed by atoms with Crippen LogP contribution in [0, 0.1) is 0 Å². The molecule has 0 aliphatic carbocycles. The summed E-state index contributed by atoms with van der Waals surface area (Å²) >= 11 is 0. The fraction of sp³-hybridized carbons (Fsp3) is 0.611. The van der Waals surface area contributed by atoms with Crippen LogP contribution in [0.1, 0.15) is 19.3 Å². The number of hydrogen-bond donors (Lipinski definition) is 1. The Morgan fingerprint density at radius 1 is 1.25 bits per heavy atom. The van der Waals surface area contributed by atoms with Gasteiger partial charge < -0.3 is 19.7 Å². The zero-order valence-electron chi connectivity index (χ0n) is 14.4. The number of carbonyl (C=O) groups excluding carboxylic acids is 1. The molecule has 0 unspecified atom stereocenters. The first-order chi connectivity index (χ1) is 11.8. The molecule has 1 N–H and O–H groups in total. The number of ether oxygens (including phenoxy) is 2. The number of rotatable bonds is 6.